The van der Waals surface area contributed by atoms with E-state index in [1.807, 2.05) is 23.9 Å². The van der Waals surface area contributed by atoms with E-state index < -0.39 is 0 Å². The van der Waals surface area contributed by atoms with Crippen molar-refractivity contribution in [1.82, 2.24) is 9.03 Å². The average Bonchev–Trinajstić information content (AvgIpc) is 2.59. The van der Waals surface area contributed by atoms with Crippen LogP contribution in [-0.2, 0) is 0 Å². The van der Waals surface area contributed by atoms with Crippen LogP contribution in [0.15, 0.2) is 0 Å². The van der Waals surface area contributed by atoms with E-state index in [0.717, 1.165) is 12.6 Å². The number of hydrogen-bond acceptors (Lipinski definition) is 4. The van der Waals surface area contributed by atoms with Gasteiger partial charge in [-0.1, -0.05) is 23.9 Å². The normalized spacial score (nSPS) is 35.4. The first-order valence-corrected chi connectivity index (χ1v) is 5.45. The Morgan fingerprint density at radius 2 is 2.60 bits per heavy atom. The van der Waals surface area contributed by atoms with Crippen LogP contribution >= 0.6 is 23.9 Å². The van der Waals surface area contributed by atoms with Gasteiger partial charge in [-0.3, -0.25) is 4.72 Å². The van der Waals surface area contributed by atoms with Gasteiger partial charge in [0.1, 0.15) is 0 Å². The predicted molar refractivity (Wildman–Crippen MR) is 47.7 cm³/mol. The molecule has 1 radical (unpaired) electrons. The van der Waals surface area contributed by atoms with Crippen molar-refractivity contribution in [3.63, 3.8) is 0 Å². The van der Waals surface area contributed by atoms with Crippen molar-refractivity contribution in [1.29, 1.82) is 0 Å². The summed E-state index contributed by atoms with van der Waals surface area (Å²) in [6, 6.07) is 0.772. The minimum absolute atomic E-state index is 0.772. The summed E-state index contributed by atoms with van der Waals surface area (Å²) in [6.07, 6.45) is 2.34. The summed E-state index contributed by atoms with van der Waals surface area (Å²) >= 11 is 3.81. The minimum atomic E-state index is 0.772. The van der Waals surface area contributed by atoms with Crippen molar-refractivity contribution in [2.45, 2.75) is 6.04 Å². The van der Waals surface area contributed by atoms with Crippen LogP contribution in [0.5, 0.6) is 0 Å². The van der Waals surface area contributed by atoms with Gasteiger partial charge in [0, 0.05) is 30.6 Å². The lowest BCUT2D eigenvalue weighted by Crippen LogP contribution is -2.31. The molecule has 2 aliphatic heterocycles. The lowest BCUT2D eigenvalue weighted by atomic mass is 10.3. The number of nitrogens with one attached hydrogen (secondary N) is 1. The SMILES string of the molecule is [CH]1CSN(C2CNSC2)C1. The van der Waals surface area contributed by atoms with Crippen LogP contribution in [0.3, 0.4) is 0 Å². The Bertz CT molecular complexity index is 94.3. The molecule has 0 aromatic carbocycles. The fourth-order valence-electron chi connectivity index (χ4n) is 1.19. The van der Waals surface area contributed by atoms with Crippen LogP contribution in [0, 0.1) is 6.42 Å². The number of hydrogen-bond donors (Lipinski definition) is 1. The molecule has 2 fully saturated rings. The molecule has 10 heavy (non-hydrogen) atoms. The molecular weight excluding hydrogens is 164 g/mol. The molecule has 1 atom stereocenters. The van der Waals surface area contributed by atoms with E-state index in [1.54, 1.807) is 0 Å². The van der Waals surface area contributed by atoms with Crippen molar-refractivity contribution < 1.29 is 0 Å². The van der Waals surface area contributed by atoms with E-state index >= 15 is 0 Å². The number of nitrogens with zero attached hydrogens (tertiary/aromatic N) is 1. The Balaban J connectivity index is 1.85. The molecule has 57 valence electrons. The summed E-state index contributed by atoms with van der Waals surface area (Å²) in [5, 5.41) is 0. The maximum Gasteiger partial charge on any atom is 0.0439 e. The average molecular weight is 175 g/mol. The topological polar surface area (TPSA) is 15.3 Å². The van der Waals surface area contributed by atoms with Crippen LogP contribution in [0.4, 0.5) is 0 Å². The molecule has 1 unspecified atom stereocenters. The monoisotopic (exact) mass is 175 g/mol. The lowest BCUT2D eigenvalue weighted by molar-refractivity contribution is 0.426. The molecule has 0 spiro atoms. The van der Waals surface area contributed by atoms with E-state index in [4.69, 9.17) is 0 Å². The summed E-state index contributed by atoms with van der Waals surface area (Å²) in [7, 11) is 0. The molecule has 0 bridgehead atoms. The zero-order chi connectivity index (χ0) is 6.81. The first kappa shape index (κ1) is 7.28. The minimum Gasteiger partial charge on any atom is -0.262 e. The van der Waals surface area contributed by atoms with Gasteiger partial charge >= 0.3 is 0 Å². The Morgan fingerprint density at radius 3 is 3.20 bits per heavy atom. The Hall–Kier alpha value is 0.620. The van der Waals surface area contributed by atoms with Crippen LogP contribution in [0.1, 0.15) is 0 Å². The summed E-state index contributed by atoms with van der Waals surface area (Å²) < 4.78 is 5.78. The molecule has 2 nitrogen and oxygen atoms in total. The zero-order valence-corrected chi connectivity index (χ0v) is 7.38. The first-order valence-electron chi connectivity index (χ1n) is 3.53. The van der Waals surface area contributed by atoms with E-state index in [9.17, 15) is 0 Å². The van der Waals surface area contributed by atoms with E-state index in [2.05, 4.69) is 15.4 Å². The molecule has 4 heteroatoms. The summed E-state index contributed by atoms with van der Waals surface area (Å²) in [4.78, 5) is 0. The highest BCUT2D eigenvalue weighted by atomic mass is 32.2. The highest BCUT2D eigenvalue weighted by Crippen LogP contribution is 2.25. The quantitative estimate of drug-likeness (QED) is 0.592. The van der Waals surface area contributed by atoms with Crippen molar-refractivity contribution >= 4 is 23.9 Å². The third-order valence-electron chi connectivity index (χ3n) is 1.77. The molecule has 2 heterocycles. The van der Waals surface area contributed by atoms with Gasteiger partial charge in [-0.25, -0.2) is 4.31 Å². The van der Waals surface area contributed by atoms with E-state index in [-0.39, 0.29) is 0 Å². The third-order valence-corrected chi connectivity index (χ3v) is 3.86. The molecule has 0 amide bonds. The van der Waals surface area contributed by atoms with Gasteiger partial charge in [0.15, 0.2) is 0 Å². The molecule has 0 saturated carbocycles. The maximum absolute atomic E-state index is 3.30. The van der Waals surface area contributed by atoms with Crippen molar-refractivity contribution in [2.24, 2.45) is 0 Å². The highest BCUT2D eigenvalue weighted by molar-refractivity contribution is 7.98. The highest BCUT2D eigenvalue weighted by Gasteiger charge is 2.25. The second kappa shape index (κ2) is 3.34. The smallest absolute Gasteiger partial charge is 0.0439 e. The van der Waals surface area contributed by atoms with Gasteiger partial charge in [-0.15, -0.1) is 0 Å². The zero-order valence-electron chi connectivity index (χ0n) is 5.75. The van der Waals surface area contributed by atoms with Crippen LogP contribution in [-0.4, -0.2) is 34.9 Å². The second-order valence-corrected chi connectivity index (χ2v) is 4.47. The molecule has 2 saturated heterocycles. The van der Waals surface area contributed by atoms with Crippen LogP contribution < -0.4 is 4.72 Å². The van der Waals surface area contributed by atoms with Gasteiger partial charge in [-0.05, 0) is 6.42 Å². The van der Waals surface area contributed by atoms with Gasteiger partial charge in [0.2, 0.25) is 0 Å². The van der Waals surface area contributed by atoms with Gasteiger partial charge < -0.3 is 0 Å². The van der Waals surface area contributed by atoms with Crippen molar-refractivity contribution in [3.8, 4) is 0 Å². The summed E-state index contributed by atoms with van der Waals surface area (Å²) in [6.45, 7) is 2.34. The molecule has 2 aliphatic rings. The second-order valence-electron chi connectivity index (χ2n) is 2.50. The molecule has 2 rings (SSSR count). The van der Waals surface area contributed by atoms with Gasteiger partial charge in [0.05, 0.1) is 0 Å². The van der Waals surface area contributed by atoms with Gasteiger partial charge in [-0.2, -0.15) is 0 Å². The molecule has 0 aromatic heterocycles. The molecule has 0 aliphatic carbocycles. The molecule has 1 N–H and O–H groups in total. The number of rotatable bonds is 1. The molecular formula is C6H11N2S2. The Morgan fingerprint density at radius 1 is 1.60 bits per heavy atom. The Kier molecular flexibility index (Phi) is 2.43. The predicted octanol–water partition coefficient (Wildman–Crippen LogP) is 0.774. The van der Waals surface area contributed by atoms with Crippen LogP contribution in [0.25, 0.3) is 0 Å². The fourth-order valence-corrected chi connectivity index (χ4v) is 3.18. The summed E-state index contributed by atoms with van der Waals surface area (Å²) in [5.74, 6) is 2.46. The lowest BCUT2D eigenvalue weighted by Gasteiger charge is -2.19. The maximum atomic E-state index is 3.30. The van der Waals surface area contributed by atoms with Crippen LogP contribution in [0.2, 0.25) is 0 Å². The fraction of sp³-hybridized carbons (Fsp3) is 0.833. The van der Waals surface area contributed by atoms with Gasteiger partial charge in [0.25, 0.3) is 0 Å². The van der Waals surface area contributed by atoms with E-state index in [0.29, 0.717) is 0 Å². The standard InChI is InChI=1S/C6H11N2S2/c1-2-8(10-3-1)6-4-7-9-5-6/h1,6-7H,2-5H2. The van der Waals surface area contributed by atoms with E-state index in [1.165, 1.54) is 18.1 Å². The largest absolute Gasteiger partial charge is 0.262 e. The van der Waals surface area contributed by atoms with Crippen molar-refractivity contribution in [2.75, 3.05) is 24.6 Å². The third kappa shape index (κ3) is 1.44. The van der Waals surface area contributed by atoms with Crippen molar-refractivity contribution in [3.05, 3.63) is 6.42 Å². The Labute approximate surface area is 70.4 Å². The molecule has 0 aromatic rings. The first-order chi connectivity index (χ1) is 4.97. The summed E-state index contributed by atoms with van der Waals surface area (Å²) in [5.41, 5.74) is 0.